The topological polar surface area (TPSA) is 87.7 Å². The average Bonchev–Trinajstić information content (AvgIpc) is 2.60. The Kier molecular flexibility index (Phi) is 8.75. The van der Waals surface area contributed by atoms with Gasteiger partial charge < -0.3 is 15.0 Å². The molecule has 2 atom stereocenters. The van der Waals surface area contributed by atoms with Gasteiger partial charge in [-0.3, -0.25) is 4.79 Å². The number of hydrogen-bond donors (Lipinski definition) is 2. The smallest absolute Gasteiger partial charge is 0.224 e. The number of carbonyl (C=O) groups is 1. The van der Waals surface area contributed by atoms with Gasteiger partial charge in [-0.2, -0.15) is 0 Å². The number of halogens is 1. The molecule has 1 fully saturated rings. The van der Waals surface area contributed by atoms with Crippen LogP contribution in [0.5, 0.6) is 0 Å². The second-order valence-corrected chi connectivity index (χ2v) is 10.6. The number of morpholine rings is 1. The van der Waals surface area contributed by atoms with Crippen molar-refractivity contribution in [1.82, 2.24) is 4.72 Å². The zero-order valence-electron chi connectivity index (χ0n) is 17.6. The lowest BCUT2D eigenvalue weighted by Crippen LogP contribution is -2.45. The summed E-state index contributed by atoms with van der Waals surface area (Å²) < 4.78 is 31.6. The molecular formula is C20H32ClN3O4S. The number of sulfonamides is 1. The van der Waals surface area contributed by atoms with Crippen molar-refractivity contribution in [2.75, 3.05) is 29.9 Å². The monoisotopic (exact) mass is 445 g/mol. The van der Waals surface area contributed by atoms with Crippen LogP contribution >= 0.6 is 11.6 Å². The number of nitrogens with zero attached hydrogens (tertiary/aromatic N) is 1. The summed E-state index contributed by atoms with van der Waals surface area (Å²) in [6, 6.07) is 5.53. The molecule has 29 heavy (non-hydrogen) atoms. The third kappa shape index (κ3) is 7.44. The number of hydrogen-bond acceptors (Lipinski definition) is 5. The fraction of sp³-hybridized carbons (Fsp3) is 0.650. The summed E-state index contributed by atoms with van der Waals surface area (Å²) in [5, 5.41) is 2.98. The first-order valence-corrected chi connectivity index (χ1v) is 12.0. The van der Waals surface area contributed by atoms with E-state index >= 15 is 0 Å². The minimum atomic E-state index is -3.25. The van der Waals surface area contributed by atoms with Gasteiger partial charge in [0.05, 0.1) is 28.2 Å². The molecule has 1 heterocycles. The normalized spacial score (nSPS) is 20.1. The number of carbonyl (C=O) groups excluding carboxylic acids is 1. The molecule has 164 valence electrons. The third-order valence-corrected chi connectivity index (χ3v) is 6.90. The van der Waals surface area contributed by atoms with E-state index in [-0.39, 0.29) is 18.1 Å². The molecule has 0 aromatic heterocycles. The van der Waals surface area contributed by atoms with E-state index in [1.165, 1.54) is 0 Å². The maximum Gasteiger partial charge on any atom is 0.224 e. The molecule has 0 radical (unpaired) electrons. The SMILES string of the molecule is CC(C)S(=O)(=O)NCCCCC(=O)Nc1ccc(N2C[C@@H](C)O[C@@H](C)C2)c(Cl)c1. The van der Waals surface area contributed by atoms with Gasteiger partial charge in [0.25, 0.3) is 0 Å². The number of unbranched alkanes of at least 4 members (excludes halogenated alkanes) is 1. The Bertz CT molecular complexity index is 791. The van der Waals surface area contributed by atoms with Crippen LogP contribution in [0.1, 0.15) is 47.0 Å². The van der Waals surface area contributed by atoms with E-state index in [2.05, 4.69) is 14.9 Å². The van der Waals surface area contributed by atoms with Gasteiger partial charge >= 0.3 is 0 Å². The molecule has 0 unspecified atom stereocenters. The highest BCUT2D eigenvalue weighted by Gasteiger charge is 2.24. The molecule has 7 nitrogen and oxygen atoms in total. The molecule has 0 aliphatic carbocycles. The molecule has 0 spiro atoms. The Morgan fingerprint density at radius 2 is 1.90 bits per heavy atom. The third-order valence-electron chi connectivity index (χ3n) is 4.75. The molecule has 2 N–H and O–H groups in total. The fourth-order valence-corrected chi connectivity index (χ4v) is 4.29. The highest BCUT2D eigenvalue weighted by molar-refractivity contribution is 7.90. The average molecular weight is 446 g/mol. The largest absolute Gasteiger partial charge is 0.372 e. The summed E-state index contributed by atoms with van der Waals surface area (Å²) in [4.78, 5) is 14.3. The predicted octanol–water partition coefficient (Wildman–Crippen LogP) is 3.39. The second-order valence-electron chi connectivity index (χ2n) is 7.82. The van der Waals surface area contributed by atoms with Crippen molar-refractivity contribution in [3.05, 3.63) is 23.2 Å². The van der Waals surface area contributed by atoms with Crippen molar-refractivity contribution in [2.24, 2.45) is 0 Å². The quantitative estimate of drug-likeness (QED) is 0.569. The first-order chi connectivity index (χ1) is 13.6. The molecule has 0 saturated carbocycles. The molecular weight excluding hydrogens is 414 g/mol. The van der Waals surface area contributed by atoms with Gasteiger partial charge in [0.1, 0.15) is 0 Å². The Morgan fingerprint density at radius 3 is 2.48 bits per heavy atom. The minimum absolute atomic E-state index is 0.117. The number of anilines is 2. The zero-order chi connectivity index (χ0) is 21.6. The van der Waals surface area contributed by atoms with Crippen LogP contribution in [0.15, 0.2) is 18.2 Å². The summed E-state index contributed by atoms with van der Waals surface area (Å²) in [6.07, 6.45) is 1.80. The van der Waals surface area contributed by atoms with Crippen LogP contribution in [-0.2, 0) is 19.6 Å². The van der Waals surface area contributed by atoms with Gasteiger partial charge in [-0.05, 0) is 58.7 Å². The van der Waals surface area contributed by atoms with E-state index in [0.717, 1.165) is 18.8 Å². The van der Waals surface area contributed by atoms with E-state index in [9.17, 15) is 13.2 Å². The molecule has 1 amide bonds. The summed E-state index contributed by atoms with van der Waals surface area (Å²) in [5.41, 5.74) is 1.59. The first-order valence-electron chi connectivity index (χ1n) is 10.1. The summed E-state index contributed by atoms with van der Waals surface area (Å²) in [6.45, 7) is 9.23. The number of rotatable bonds is 9. The van der Waals surface area contributed by atoms with Crippen molar-refractivity contribution >= 4 is 38.9 Å². The molecule has 2 rings (SSSR count). The molecule has 1 saturated heterocycles. The van der Waals surface area contributed by atoms with Crippen LogP contribution in [-0.4, -0.2) is 51.4 Å². The Balaban J connectivity index is 1.80. The zero-order valence-corrected chi connectivity index (χ0v) is 19.1. The van der Waals surface area contributed by atoms with Crippen molar-refractivity contribution < 1.29 is 17.9 Å². The van der Waals surface area contributed by atoms with Crippen LogP contribution in [0.25, 0.3) is 0 Å². The van der Waals surface area contributed by atoms with Crippen LogP contribution in [0, 0.1) is 0 Å². The molecule has 1 aromatic carbocycles. The molecule has 1 aliphatic heterocycles. The van der Waals surface area contributed by atoms with E-state index in [4.69, 9.17) is 16.3 Å². The molecule has 1 aliphatic rings. The summed E-state index contributed by atoms with van der Waals surface area (Å²) in [5.74, 6) is -0.117. The number of ether oxygens (including phenoxy) is 1. The van der Waals surface area contributed by atoms with Crippen LogP contribution in [0.4, 0.5) is 11.4 Å². The van der Waals surface area contributed by atoms with Crippen molar-refractivity contribution in [3.63, 3.8) is 0 Å². The fourth-order valence-electron chi connectivity index (χ4n) is 3.23. The lowest BCUT2D eigenvalue weighted by atomic mass is 10.2. The Labute approximate surface area is 179 Å². The van der Waals surface area contributed by atoms with E-state index in [0.29, 0.717) is 36.5 Å². The van der Waals surface area contributed by atoms with Gasteiger partial charge in [0, 0.05) is 31.7 Å². The lowest BCUT2D eigenvalue weighted by Gasteiger charge is -2.37. The van der Waals surface area contributed by atoms with Crippen molar-refractivity contribution in [3.8, 4) is 0 Å². The van der Waals surface area contributed by atoms with Crippen molar-refractivity contribution in [1.29, 1.82) is 0 Å². The Hall–Kier alpha value is -1.35. The number of amides is 1. The van der Waals surface area contributed by atoms with Gasteiger partial charge in [-0.25, -0.2) is 13.1 Å². The highest BCUT2D eigenvalue weighted by Crippen LogP contribution is 2.31. The minimum Gasteiger partial charge on any atom is -0.372 e. The predicted molar refractivity (Wildman–Crippen MR) is 118 cm³/mol. The highest BCUT2D eigenvalue weighted by atomic mass is 35.5. The molecule has 0 bridgehead atoms. The van der Waals surface area contributed by atoms with E-state index in [1.807, 2.05) is 26.0 Å². The van der Waals surface area contributed by atoms with E-state index < -0.39 is 15.3 Å². The summed E-state index contributed by atoms with van der Waals surface area (Å²) >= 11 is 6.46. The lowest BCUT2D eigenvalue weighted by molar-refractivity contribution is -0.116. The maximum atomic E-state index is 12.1. The van der Waals surface area contributed by atoms with E-state index in [1.54, 1.807) is 19.9 Å². The Morgan fingerprint density at radius 1 is 1.24 bits per heavy atom. The van der Waals surface area contributed by atoms with Crippen molar-refractivity contribution in [2.45, 2.75) is 64.4 Å². The van der Waals surface area contributed by atoms with Gasteiger partial charge in [-0.15, -0.1) is 0 Å². The molecule has 9 heteroatoms. The maximum absolute atomic E-state index is 12.1. The number of benzene rings is 1. The van der Waals surface area contributed by atoms with Gasteiger partial charge in [-0.1, -0.05) is 11.6 Å². The standard InChI is InChI=1S/C20H32ClN3O4S/c1-14(2)29(26,27)22-10-6-5-7-20(25)23-17-8-9-19(18(21)11-17)24-12-15(3)28-16(4)13-24/h8-9,11,14-16,22H,5-7,10,12-13H2,1-4H3,(H,23,25)/t15-,16+. The molecule has 1 aromatic rings. The summed E-state index contributed by atoms with van der Waals surface area (Å²) in [7, 11) is -3.25. The van der Waals surface area contributed by atoms with Gasteiger partial charge in [0.2, 0.25) is 15.9 Å². The van der Waals surface area contributed by atoms with Crippen LogP contribution in [0.2, 0.25) is 5.02 Å². The first kappa shape index (κ1) is 23.9. The second kappa shape index (κ2) is 10.6. The van der Waals surface area contributed by atoms with Gasteiger partial charge in [0.15, 0.2) is 0 Å². The number of nitrogens with one attached hydrogen (secondary N) is 2. The van der Waals surface area contributed by atoms with Crippen LogP contribution in [0.3, 0.4) is 0 Å². The van der Waals surface area contributed by atoms with Crippen LogP contribution < -0.4 is 14.9 Å².